The number of benzene rings is 1. The van der Waals surface area contributed by atoms with Crippen molar-refractivity contribution < 1.29 is 0 Å². The molecule has 0 unspecified atom stereocenters. The Hall–Kier alpha value is -1.18. The van der Waals surface area contributed by atoms with Crippen LogP contribution in [-0.2, 0) is 12.8 Å². The normalized spacial score (nSPS) is 10.9. The van der Waals surface area contributed by atoms with Gasteiger partial charge in [0.25, 0.3) is 0 Å². The molecule has 2 nitrogen and oxygen atoms in total. The van der Waals surface area contributed by atoms with Gasteiger partial charge in [0.15, 0.2) is 0 Å². The average Bonchev–Trinajstić information content (AvgIpc) is 2.09. The smallest absolute Gasteiger partial charge is 0.0367 e. The molecule has 0 aliphatic heterocycles. The van der Waals surface area contributed by atoms with Gasteiger partial charge in [-0.2, -0.15) is 0 Å². The Morgan fingerprint density at radius 2 is 1.64 bits per heavy atom. The van der Waals surface area contributed by atoms with Gasteiger partial charge in [-0.15, -0.1) is 0 Å². The molecule has 0 saturated carbocycles. The van der Waals surface area contributed by atoms with Crippen LogP contribution >= 0.6 is 0 Å². The topological polar surface area (TPSA) is 52.0 Å². The Bertz CT molecular complexity index is 316. The third-order valence-corrected chi connectivity index (χ3v) is 2.41. The van der Waals surface area contributed by atoms with Gasteiger partial charge in [-0.05, 0) is 36.0 Å². The lowest BCUT2D eigenvalue weighted by atomic mass is 9.97. The molecule has 2 heteroatoms. The number of rotatable bonds is 3. The molecule has 0 aromatic heterocycles. The van der Waals surface area contributed by atoms with Crippen LogP contribution in [-0.4, -0.2) is 0 Å². The van der Waals surface area contributed by atoms with Crippen LogP contribution < -0.4 is 11.5 Å². The lowest BCUT2D eigenvalue weighted by molar-refractivity contribution is 0.648. The highest BCUT2D eigenvalue weighted by molar-refractivity contribution is 5.61. The summed E-state index contributed by atoms with van der Waals surface area (Å²) in [7, 11) is 0. The van der Waals surface area contributed by atoms with E-state index >= 15 is 0 Å². The minimum atomic E-state index is 0.630. The largest absolute Gasteiger partial charge is 0.398 e. The molecule has 4 N–H and O–H groups in total. The molecule has 0 saturated heterocycles. The predicted octanol–water partition coefficient (Wildman–Crippen LogP) is 2.61. The van der Waals surface area contributed by atoms with E-state index in [-0.39, 0.29) is 0 Å². The van der Waals surface area contributed by atoms with E-state index in [1.807, 2.05) is 6.07 Å². The summed E-state index contributed by atoms with van der Waals surface area (Å²) in [5.74, 6) is 0.630. The molecule has 0 amide bonds. The summed E-state index contributed by atoms with van der Waals surface area (Å²) in [6, 6.07) is 4.03. The maximum atomic E-state index is 5.91. The van der Waals surface area contributed by atoms with Crippen LogP contribution in [0.5, 0.6) is 0 Å². The molecular formula is C12H20N2. The Labute approximate surface area is 86.3 Å². The number of aryl methyl sites for hydroxylation is 1. The fraction of sp³-hybridized carbons (Fsp3) is 0.500. The molecule has 1 aromatic carbocycles. The van der Waals surface area contributed by atoms with Crippen molar-refractivity contribution in [2.45, 2.75) is 33.6 Å². The summed E-state index contributed by atoms with van der Waals surface area (Å²) in [6.45, 7) is 6.50. The molecule has 14 heavy (non-hydrogen) atoms. The summed E-state index contributed by atoms with van der Waals surface area (Å²) in [4.78, 5) is 0. The summed E-state index contributed by atoms with van der Waals surface area (Å²) < 4.78 is 0. The first-order chi connectivity index (χ1) is 6.54. The van der Waals surface area contributed by atoms with Crippen LogP contribution in [0.1, 0.15) is 31.9 Å². The van der Waals surface area contributed by atoms with Crippen LogP contribution in [0.3, 0.4) is 0 Å². The Balaban J connectivity index is 3.04. The highest BCUT2D eigenvalue weighted by atomic mass is 14.6. The Morgan fingerprint density at radius 3 is 2.14 bits per heavy atom. The zero-order valence-corrected chi connectivity index (χ0v) is 9.30. The van der Waals surface area contributed by atoms with Crippen LogP contribution in [0.15, 0.2) is 12.1 Å². The minimum absolute atomic E-state index is 0.630. The quantitative estimate of drug-likeness (QED) is 0.723. The first kappa shape index (κ1) is 10.9. The fourth-order valence-corrected chi connectivity index (χ4v) is 1.65. The number of nitrogens with two attached hydrogens (primary N) is 2. The van der Waals surface area contributed by atoms with Crippen LogP contribution in [0, 0.1) is 5.92 Å². The number of nitrogen functional groups attached to an aromatic ring is 2. The predicted molar refractivity (Wildman–Crippen MR) is 63.2 cm³/mol. The molecule has 0 radical (unpaired) electrons. The van der Waals surface area contributed by atoms with Crippen molar-refractivity contribution in [1.82, 2.24) is 0 Å². The van der Waals surface area contributed by atoms with Crippen LogP contribution in [0.4, 0.5) is 11.4 Å². The molecule has 0 aliphatic rings. The molecule has 0 bridgehead atoms. The minimum Gasteiger partial charge on any atom is -0.398 e. The monoisotopic (exact) mass is 192 g/mol. The third-order valence-electron chi connectivity index (χ3n) is 2.41. The lowest BCUT2D eigenvalue weighted by Crippen LogP contribution is -2.03. The molecule has 1 aromatic rings. The van der Waals surface area contributed by atoms with E-state index in [9.17, 15) is 0 Å². The first-order valence-electron chi connectivity index (χ1n) is 5.21. The zero-order valence-electron chi connectivity index (χ0n) is 9.30. The summed E-state index contributed by atoms with van der Waals surface area (Å²) in [6.07, 6.45) is 2.00. The molecule has 0 aliphatic carbocycles. The van der Waals surface area contributed by atoms with Crippen molar-refractivity contribution >= 4 is 11.4 Å². The summed E-state index contributed by atoms with van der Waals surface area (Å²) >= 11 is 0. The van der Waals surface area contributed by atoms with E-state index in [2.05, 4.69) is 26.8 Å². The number of hydrogen-bond acceptors (Lipinski definition) is 2. The number of hydrogen-bond donors (Lipinski definition) is 2. The Kier molecular flexibility index (Phi) is 3.39. The van der Waals surface area contributed by atoms with Gasteiger partial charge in [0.2, 0.25) is 0 Å². The Morgan fingerprint density at radius 1 is 1.07 bits per heavy atom. The molecule has 0 spiro atoms. The van der Waals surface area contributed by atoms with Crippen molar-refractivity contribution in [2.75, 3.05) is 11.5 Å². The molecule has 0 heterocycles. The highest BCUT2D eigenvalue weighted by Gasteiger charge is 2.06. The van der Waals surface area contributed by atoms with Gasteiger partial charge in [0, 0.05) is 11.4 Å². The summed E-state index contributed by atoms with van der Waals surface area (Å²) in [5, 5.41) is 0. The summed E-state index contributed by atoms with van der Waals surface area (Å²) in [5.41, 5.74) is 15.8. The van der Waals surface area contributed by atoms with Crippen LogP contribution in [0.25, 0.3) is 0 Å². The highest BCUT2D eigenvalue weighted by Crippen LogP contribution is 2.23. The fourth-order valence-electron chi connectivity index (χ4n) is 1.65. The third kappa shape index (κ3) is 2.41. The molecule has 0 fully saturated rings. The van der Waals surface area contributed by atoms with Crippen molar-refractivity contribution in [3.8, 4) is 0 Å². The average molecular weight is 192 g/mol. The van der Waals surface area contributed by atoms with Crippen molar-refractivity contribution in [2.24, 2.45) is 5.92 Å². The standard InChI is InChI=1S/C12H20N2/c1-4-9-6-10(5-8(2)3)12(14)7-11(9)13/h6-8H,4-5,13-14H2,1-3H3. The van der Waals surface area contributed by atoms with E-state index in [0.717, 1.165) is 24.2 Å². The molecule has 1 rings (SSSR count). The van der Waals surface area contributed by atoms with E-state index in [0.29, 0.717) is 5.92 Å². The van der Waals surface area contributed by atoms with Gasteiger partial charge < -0.3 is 11.5 Å². The van der Waals surface area contributed by atoms with Crippen molar-refractivity contribution in [1.29, 1.82) is 0 Å². The first-order valence-corrected chi connectivity index (χ1v) is 5.21. The SMILES string of the molecule is CCc1cc(CC(C)C)c(N)cc1N. The van der Waals surface area contributed by atoms with Gasteiger partial charge in [0.05, 0.1) is 0 Å². The van der Waals surface area contributed by atoms with E-state index in [1.165, 1.54) is 11.1 Å². The van der Waals surface area contributed by atoms with Crippen LogP contribution in [0.2, 0.25) is 0 Å². The van der Waals surface area contributed by atoms with Crippen molar-refractivity contribution in [3.05, 3.63) is 23.3 Å². The second-order valence-electron chi connectivity index (χ2n) is 4.20. The van der Waals surface area contributed by atoms with E-state index < -0.39 is 0 Å². The molecular weight excluding hydrogens is 172 g/mol. The van der Waals surface area contributed by atoms with E-state index in [1.54, 1.807) is 0 Å². The lowest BCUT2D eigenvalue weighted by Gasteiger charge is -2.12. The zero-order chi connectivity index (χ0) is 10.7. The van der Waals surface area contributed by atoms with Gasteiger partial charge in [-0.25, -0.2) is 0 Å². The maximum absolute atomic E-state index is 5.91. The molecule has 0 atom stereocenters. The second-order valence-corrected chi connectivity index (χ2v) is 4.20. The number of anilines is 2. The van der Waals surface area contributed by atoms with Crippen molar-refractivity contribution in [3.63, 3.8) is 0 Å². The van der Waals surface area contributed by atoms with Gasteiger partial charge in [-0.3, -0.25) is 0 Å². The maximum Gasteiger partial charge on any atom is 0.0367 e. The molecule has 78 valence electrons. The van der Waals surface area contributed by atoms with Gasteiger partial charge in [-0.1, -0.05) is 26.8 Å². The second kappa shape index (κ2) is 4.36. The van der Waals surface area contributed by atoms with E-state index in [4.69, 9.17) is 11.5 Å². The van der Waals surface area contributed by atoms with Gasteiger partial charge in [0.1, 0.15) is 0 Å². The van der Waals surface area contributed by atoms with Gasteiger partial charge >= 0.3 is 0 Å².